The highest BCUT2D eigenvalue weighted by atomic mass is 35.5. The first-order valence-corrected chi connectivity index (χ1v) is 4.97. The van der Waals surface area contributed by atoms with Crippen LogP contribution in [-0.2, 0) is 10.6 Å². The molecule has 0 aliphatic heterocycles. The second kappa shape index (κ2) is 5.21. The number of hydrogen-bond acceptors (Lipinski definition) is 3. The second-order valence-electron chi connectivity index (χ2n) is 3.10. The van der Waals surface area contributed by atoms with Crippen LogP contribution in [0.1, 0.15) is 33.7 Å². The summed E-state index contributed by atoms with van der Waals surface area (Å²) in [6.45, 7) is 1.40. The molecular formula is C10H10ClF2NO2. The molecule has 0 atom stereocenters. The van der Waals surface area contributed by atoms with Crippen LogP contribution in [0.15, 0.2) is 6.07 Å². The third-order valence-corrected chi connectivity index (χ3v) is 2.39. The van der Waals surface area contributed by atoms with Gasteiger partial charge in [0.25, 0.3) is 6.43 Å². The molecule has 0 bridgehead atoms. The van der Waals surface area contributed by atoms with Gasteiger partial charge in [0, 0.05) is 0 Å². The maximum atomic E-state index is 12.6. The highest BCUT2D eigenvalue weighted by molar-refractivity contribution is 6.17. The molecule has 0 aliphatic carbocycles. The van der Waals surface area contributed by atoms with E-state index in [0.717, 1.165) is 0 Å². The van der Waals surface area contributed by atoms with E-state index in [4.69, 9.17) is 11.6 Å². The number of rotatable bonds is 3. The number of hydrogen-bond donors (Lipinski definition) is 0. The van der Waals surface area contributed by atoms with Crippen LogP contribution in [0.4, 0.5) is 8.78 Å². The number of esters is 1. The summed E-state index contributed by atoms with van der Waals surface area (Å²) in [5.41, 5.74) is -0.0133. The van der Waals surface area contributed by atoms with Crippen molar-refractivity contribution in [1.29, 1.82) is 0 Å². The quantitative estimate of drug-likeness (QED) is 0.611. The Morgan fingerprint density at radius 3 is 2.69 bits per heavy atom. The number of pyridine rings is 1. The first kappa shape index (κ1) is 12.8. The van der Waals surface area contributed by atoms with Crippen LogP contribution in [0.2, 0.25) is 0 Å². The molecule has 0 radical (unpaired) electrons. The van der Waals surface area contributed by atoms with Crippen molar-refractivity contribution < 1.29 is 18.3 Å². The molecule has 0 saturated heterocycles. The molecule has 3 nitrogen and oxygen atoms in total. The Morgan fingerprint density at radius 1 is 1.62 bits per heavy atom. The highest BCUT2D eigenvalue weighted by Gasteiger charge is 2.20. The zero-order chi connectivity index (χ0) is 12.3. The van der Waals surface area contributed by atoms with Crippen LogP contribution in [-0.4, -0.2) is 18.1 Å². The maximum Gasteiger partial charge on any atom is 0.338 e. The van der Waals surface area contributed by atoms with E-state index in [0.29, 0.717) is 0 Å². The predicted molar refractivity (Wildman–Crippen MR) is 54.8 cm³/mol. The number of methoxy groups -OCH3 is 1. The second-order valence-corrected chi connectivity index (χ2v) is 3.36. The lowest BCUT2D eigenvalue weighted by Crippen LogP contribution is -2.09. The van der Waals surface area contributed by atoms with Crippen LogP contribution in [0, 0.1) is 6.92 Å². The van der Waals surface area contributed by atoms with E-state index in [1.807, 2.05) is 0 Å². The van der Waals surface area contributed by atoms with Gasteiger partial charge in [-0.2, -0.15) is 0 Å². The summed E-state index contributed by atoms with van der Waals surface area (Å²) in [6.07, 6.45) is -2.74. The van der Waals surface area contributed by atoms with Crippen LogP contribution < -0.4 is 0 Å². The van der Waals surface area contributed by atoms with E-state index < -0.39 is 18.1 Å². The van der Waals surface area contributed by atoms with Crippen molar-refractivity contribution in [3.05, 3.63) is 28.6 Å². The van der Waals surface area contributed by atoms with E-state index >= 15 is 0 Å². The zero-order valence-corrected chi connectivity index (χ0v) is 9.52. The van der Waals surface area contributed by atoms with Gasteiger partial charge in [0.05, 0.1) is 24.2 Å². The molecule has 1 aromatic heterocycles. The Balaban J connectivity index is 3.37. The predicted octanol–water partition coefficient (Wildman–Crippen LogP) is 2.85. The van der Waals surface area contributed by atoms with Gasteiger partial charge < -0.3 is 4.74 Å². The van der Waals surface area contributed by atoms with Gasteiger partial charge in [-0.25, -0.2) is 13.6 Å². The lowest BCUT2D eigenvalue weighted by Gasteiger charge is -2.10. The van der Waals surface area contributed by atoms with Crippen LogP contribution >= 0.6 is 11.6 Å². The minimum atomic E-state index is -2.74. The number of carbonyl (C=O) groups excluding carboxylic acids is 1. The Bertz CT molecular complexity index is 410. The summed E-state index contributed by atoms with van der Waals surface area (Å²) in [4.78, 5) is 15.0. The normalized spacial score (nSPS) is 10.6. The fourth-order valence-electron chi connectivity index (χ4n) is 1.29. The number of carbonyl (C=O) groups is 1. The molecule has 1 heterocycles. The Kier molecular flexibility index (Phi) is 4.18. The molecule has 0 saturated carbocycles. The minimum absolute atomic E-state index is 0.0377. The standard InChI is InChI=1S/C10H10ClF2NO2/c1-5-7(10(15)16-2)3-6(4-11)14-8(5)9(12)13/h3,9H,4H2,1-2H3. The smallest absolute Gasteiger partial charge is 0.338 e. The maximum absolute atomic E-state index is 12.6. The lowest BCUT2D eigenvalue weighted by atomic mass is 10.1. The first-order valence-electron chi connectivity index (χ1n) is 4.44. The summed E-state index contributed by atoms with van der Waals surface area (Å²) in [6, 6.07) is 1.36. The van der Waals surface area contributed by atoms with Crippen LogP contribution in [0.25, 0.3) is 0 Å². The van der Waals surface area contributed by atoms with Gasteiger partial charge in [0.1, 0.15) is 5.69 Å². The van der Waals surface area contributed by atoms with Gasteiger partial charge in [-0.3, -0.25) is 4.98 Å². The molecule has 0 unspecified atom stereocenters. The Morgan fingerprint density at radius 2 is 2.25 bits per heavy atom. The van der Waals surface area contributed by atoms with Crippen molar-refractivity contribution in [1.82, 2.24) is 4.98 Å². The number of alkyl halides is 3. The molecule has 1 aromatic rings. The average molecular weight is 250 g/mol. The third kappa shape index (κ3) is 2.47. The van der Waals surface area contributed by atoms with Crippen molar-refractivity contribution in [2.75, 3.05) is 7.11 Å². The third-order valence-electron chi connectivity index (χ3n) is 2.11. The Hall–Kier alpha value is -1.23. The monoisotopic (exact) mass is 249 g/mol. The molecule has 16 heavy (non-hydrogen) atoms. The Labute approximate surface area is 96.4 Å². The summed E-state index contributed by atoms with van der Waals surface area (Å²) < 4.78 is 29.8. The molecular weight excluding hydrogens is 240 g/mol. The molecule has 88 valence electrons. The van der Waals surface area contributed by atoms with E-state index in [1.54, 1.807) is 0 Å². The first-order chi connectivity index (χ1) is 7.51. The van der Waals surface area contributed by atoms with Crippen LogP contribution in [0.5, 0.6) is 0 Å². The molecule has 1 rings (SSSR count). The molecule has 6 heteroatoms. The highest BCUT2D eigenvalue weighted by Crippen LogP contribution is 2.24. The number of ether oxygens (including phenoxy) is 1. The topological polar surface area (TPSA) is 39.2 Å². The summed E-state index contributed by atoms with van der Waals surface area (Å²) in [7, 11) is 1.19. The average Bonchev–Trinajstić information content (AvgIpc) is 2.28. The van der Waals surface area contributed by atoms with E-state index in [1.165, 1.54) is 20.1 Å². The van der Waals surface area contributed by atoms with Crippen molar-refractivity contribution in [3.8, 4) is 0 Å². The van der Waals surface area contributed by atoms with Crippen molar-refractivity contribution in [2.45, 2.75) is 19.2 Å². The van der Waals surface area contributed by atoms with E-state index in [2.05, 4.69) is 9.72 Å². The van der Waals surface area contributed by atoms with Crippen LogP contribution in [0.3, 0.4) is 0 Å². The van der Waals surface area contributed by atoms with Gasteiger partial charge in [-0.15, -0.1) is 11.6 Å². The van der Waals surface area contributed by atoms with Gasteiger partial charge in [0.2, 0.25) is 0 Å². The summed E-state index contributed by atoms with van der Waals surface area (Å²) in [5.74, 6) is -0.711. The fraction of sp³-hybridized carbons (Fsp3) is 0.400. The van der Waals surface area contributed by atoms with E-state index in [9.17, 15) is 13.6 Å². The zero-order valence-electron chi connectivity index (χ0n) is 8.76. The minimum Gasteiger partial charge on any atom is -0.465 e. The van der Waals surface area contributed by atoms with Crippen molar-refractivity contribution in [3.63, 3.8) is 0 Å². The van der Waals surface area contributed by atoms with Crippen molar-refractivity contribution >= 4 is 17.6 Å². The summed E-state index contributed by atoms with van der Waals surface area (Å²) >= 11 is 5.52. The molecule has 0 aromatic carbocycles. The van der Waals surface area contributed by atoms with Gasteiger partial charge in [-0.1, -0.05) is 0 Å². The largest absolute Gasteiger partial charge is 0.465 e. The molecule has 0 N–H and O–H groups in total. The molecule has 0 fully saturated rings. The number of aromatic nitrogens is 1. The van der Waals surface area contributed by atoms with Crippen molar-refractivity contribution in [2.24, 2.45) is 0 Å². The molecule has 0 amide bonds. The fourth-order valence-corrected chi connectivity index (χ4v) is 1.42. The lowest BCUT2D eigenvalue weighted by molar-refractivity contribution is 0.0599. The molecule has 0 spiro atoms. The van der Waals surface area contributed by atoms with Gasteiger partial charge >= 0.3 is 5.97 Å². The number of nitrogens with zero attached hydrogens (tertiary/aromatic N) is 1. The summed E-state index contributed by atoms with van der Waals surface area (Å²) in [5, 5.41) is 0. The van der Waals surface area contributed by atoms with Gasteiger partial charge in [-0.05, 0) is 18.6 Å². The molecule has 0 aliphatic rings. The SMILES string of the molecule is COC(=O)c1cc(CCl)nc(C(F)F)c1C. The van der Waals surface area contributed by atoms with E-state index in [-0.39, 0.29) is 22.7 Å². The van der Waals surface area contributed by atoms with Gasteiger partial charge in [0.15, 0.2) is 0 Å². The number of halogens is 3.